The van der Waals surface area contributed by atoms with E-state index in [0.717, 1.165) is 118 Å². The number of hydrogen-bond donors (Lipinski definition) is 0. The number of rotatable bonds is 12. The van der Waals surface area contributed by atoms with Crippen molar-refractivity contribution in [1.82, 2.24) is 28.7 Å². The molecule has 5 heterocycles. The highest BCUT2D eigenvalue weighted by atomic mass is 15.2. The number of pyridine rings is 2. The minimum absolute atomic E-state index is 0.0913. The minimum Gasteiger partial charge on any atom is -0.311 e. The van der Waals surface area contributed by atoms with Crippen molar-refractivity contribution in [2.45, 2.75) is 12.3 Å². The normalized spacial score (nSPS) is 13.2. The van der Waals surface area contributed by atoms with Crippen LogP contribution in [0.5, 0.6) is 0 Å². The molecule has 0 spiro atoms. The van der Waals surface area contributed by atoms with Crippen LogP contribution in [0.1, 0.15) is 18.0 Å². The van der Waals surface area contributed by atoms with Gasteiger partial charge in [-0.1, -0.05) is 182 Å². The summed E-state index contributed by atoms with van der Waals surface area (Å²) < 4.78 is 4.12. The van der Waals surface area contributed by atoms with Gasteiger partial charge in [0.25, 0.3) is 0 Å². The summed E-state index contributed by atoms with van der Waals surface area (Å²) >= 11 is 0. The molecule has 15 aromatic rings. The molecular weight excluding hydrogens is 1050 g/mol. The Kier molecular flexibility index (Phi) is 12.5. The summed E-state index contributed by atoms with van der Waals surface area (Å²) in [5.41, 5.74) is 21.1. The average molecular weight is 1100 g/mol. The third kappa shape index (κ3) is 9.23. The van der Waals surface area contributed by atoms with E-state index in [9.17, 15) is 0 Å². The van der Waals surface area contributed by atoms with Crippen molar-refractivity contribution in [1.29, 1.82) is 0 Å². The first kappa shape index (κ1) is 50.3. The Morgan fingerprint density at radius 3 is 1.31 bits per heavy atom. The van der Waals surface area contributed by atoms with Gasteiger partial charge in [0.1, 0.15) is 11.3 Å². The molecule has 1 atom stereocenters. The number of benzene rings is 10. The second-order valence-corrected chi connectivity index (χ2v) is 21.9. The second kappa shape index (κ2) is 21.4. The Labute approximate surface area is 497 Å². The molecule has 0 radical (unpaired) electrons. The van der Waals surface area contributed by atoms with Gasteiger partial charge in [0.05, 0.1) is 33.8 Å². The summed E-state index contributed by atoms with van der Waals surface area (Å²) in [5, 5.41) is 4.75. The molecule has 5 aromatic heterocycles. The molecule has 86 heavy (non-hydrogen) atoms. The SMILES string of the molecule is C1=CC(c2nc3cc(-c4cccc5ccccc45)c(-c4cccc5ccccc45)cc3nc2-c2ccc(N(c3ccccc3)c3ccc(-c4cn5ccccc5n4)cc3)cc2)CC=C1N(c1ccccc1)c1ccc(-c2cn3ccccc3n2)cc1. The summed E-state index contributed by atoms with van der Waals surface area (Å²) in [4.78, 5) is 26.0. The summed E-state index contributed by atoms with van der Waals surface area (Å²) in [7, 11) is 0. The summed E-state index contributed by atoms with van der Waals surface area (Å²) in [6.45, 7) is 0. The number of para-hydroxylation sites is 2. The quantitative estimate of drug-likeness (QED) is 0.121. The van der Waals surface area contributed by atoms with Crippen molar-refractivity contribution >= 4 is 72.3 Å². The number of nitrogens with zero attached hydrogens (tertiary/aromatic N) is 8. The Morgan fingerprint density at radius 1 is 0.360 bits per heavy atom. The third-order valence-corrected chi connectivity index (χ3v) is 16.7. The lowest BCUT2D eigenvalue weighted by Crippen LogP contribution is -2.17. The highest BCUT2D eigenvalue weighted by Crippen LogP contribution is 2.45. The van der Waals surface area contributed by atoms with Gasteiger partial charge in [-0.25, -0.2) is 19.9 Å². The van der Waals surface area contributed by atoms with E-state index in [1.165, 1.54) is 21.5 Å². The second-order valence-electron chi connectivity index (χ2n) is 21.9. The van der Waals surface area contributed by atoms with E-state index < -0.39 is 0 Å². The van der Waals surface area contributed by atoms with Crippen LogP contribution in [0.4, 0.5) is 28.4 Å². The number of anilines is 5. The minimum atomic E-state index is -0.0913. The molecule has 0 amide bonds. The van der Waals surface area contributed by atoms with Gasteiger partial charge in [-0.05, 0) is 153 Å². The van der Waals surface area contributed by atoms with Crippen LogP contribution >= 0.6 is 0 Å². The topological polar surface area (TPSA) is 66.9 Å². The molecule has 0 aliphatic heterocycles. The standard InChI is InChI=1S/C78H54N8/c1-3-21-59(22-4-1)85(61-39-31-55(32-40-61)73-51-83-47-13-11-29-75(83)79-73)63-43-35-57(36-44-63)77-78(58-37-45-64(46-38-58)86(60-23-5-2-6-24-60)62-41-33-56(34-42-62)74-52-84-48-14-12-30-76(84)80-74)82-72-50-70(68-28-16-20-54-18-8-10-26-66(54)68)69(49-71(72)81-77)67-27-15-19-53-17-7-9-25-65(53)67/h1-37,39-52,58H,38H2. The van der Waals surface area contributed by atoms with Crippen molar-refractivity contribution in [3.63, 3.8) is 0 Å². The van der Waals surface area contributed by atoms with Crippen LogP contribution in [0.3, 0.4) is 0 Å². The third-order valence-electron chi connectivity index (χ3n) is 16.7. The lowest BCUT2D eigenvalue weighted by Gasteiger charge is -2.29. The predicted molar refractivity (Wildman–Crippen MR) is 354 cm³/mol. The van der Waals surface area contributed by atoms with Crippen LogP contribution in [0.2, 0.25) is 0 Å². The molecule has 0 bridgehead atoms. The molecule has 8 nitrogen and oxygen atoms in total. The van der Waals surface area contributed by atoms with E-state index in [1.54, 1.807) is 0 Å². The number of aromatic nitrogens is 6. The fourth-order valence-corrected chi connectivity index (χ4v) is 12.5. The highest BCUT2D eigenvalue weighted by molar-refractivity contribution is 6.08. The molecule has 8 heteroatoms. The smallest absolute Gasteiger partial charge is 0.137 e. The molecule has 0 fully saturated rings. The molecule has 1 unspecified atom stereocenters. The van der Waals surface area contributed by atoms with Crippen molar-refractivity contribution in [2.75, 3.05) is 9.80 Å². The van der Waals surface area contributed by atoms with Crippen LogP contribution in [-0.4, -0.2) is 28.7 Å². The molecule has 1 aliphatic carbocycles. The number of imidazole rings is 2. The van der Waals surface area contributed by atoms with Gasteiger partial charge < -0.3 is 18.6 Å². The van der Waals surface area contributed by atoms with Gasteiger partial charge in [0.15, 0.2) is 0 Å². The summed E-state index contributed by atoms with van der Waals surface area (Å²) in [6.07, 6.45) is 15.9. The molecule has 406 valence electrons. The first-order valence-electron chi connectivity index (χ1n) is 29.2. The fraction of sp³-hybridized carbons (Fsp3) is 0.0256. The van der Waals surface area contributed by atoms with E-state index in [1.807, 2.05) is 48.8 Å². The Balaban J connectivity index is 0.822. The highest BCUT2D eigenvalue weighted by Gasteiger charge is 2.25. The zero-order valence-electron chi connectivity index (χ0n) is 46.8. The van der Waals surface area contributed by atoms with Gasteiger partial charge in [0.2, 0.25) is 0 Å². The molecule has 0 N–H and O–H groups in total. The van der Waals surface area contributed by atoms with E-state index in [2.05, 4.69) is 280 Å². The zero-order valence-corrected chi connectivity index (χ0v) is 46.8. The maximum Gasteiger partial charge on any atom is 0.137 e. The predicted octanol–water partition coefficient (Wildman–Crippen LogP) is 19.8. The van der Waals surface area contributed by atoms with Crippen LogP contribution < -0.4 is 9.80 Å². The van der Waals surface area contributed by atoms with Crippen LogP contribution in [0, 0.1) is 0 Å². The van der Waals surface area contributed by atoms with E-state index in [0.29, 0.717) is 6.42 Å². The maximum absolute atomic E-state index is 5.80. The number of hydrogen-bond acceptors (Lipinski definition) is 6. The van der Waals surface area contributed by atoms with E-state index >= 15 is 0 Å². The molecular formula is C78H54N8. The van der Waals surface area contributed by atoms with Gasteiger partial charge in [-0.2, -0.15) is 0 Å². The largest absolute Gasteiger partial charge is 0.311 e. The molecule has 16 rings (SSSR count). The van der Waals surface area contributed by atoms with Crippen molar-refractivity contribution < 1.29 is 0 Å². The summed E-state index contributed by atoms with van der Waals surface area (Å²) in [6, 6.07) is 94.7. The number of fused-ring (bicyclic) bond motifs is 5. The van der Waals surface area contributed by atoms with Gasteiger partial charge in [-0.15, -0.1) is 0 Å². The number of allylic oxidation sites excluding steroid dienone is 3. The zero-order chi connectivity index (χ0) is 56.9. The monoisotopic (exact) mass is 1100 g/mol. The van der Waals surface area contributed by atoms with Gasteiger partial charge in [0, 0.05) is 81.5 Å². The molecule has 0 saturated carbocycles. The van der Waals surface area contributed by atoms with E-state index in [4.69, 9.17) is 19.9 Å². The Morgan fingerprint density at radius 2 is 0.802 bits per heavy atom. The molecule has 0 saturated heterocycles. The Bertz CT molecular complexity index is 5010. The average Bonchev–Trinajstić information content (AvgIpc) is 1.97. The first-order chi connectivity index (χ1) is 42.6. The molecule has 10 aromatic carbocycles. The van der Waals surface area contributed by atoms with Gasteiger partial charge in [-0.3, -0.25) is 0 Å². The van der Waals surface area contributed by atoms with Crippen molar-refractivity contribution in [3.8, 4) is 56.0 Å². The Hall–Kier alpha value is -11.5. The lowest BCUT2D eigenvalue weighted by atomic mass is 9.88. The first-order valence-corrected chi connectivity index (χ1v) is 29.2. The fourth-order valence-electron chi connectivity index (χ4n) is 12.5. The van der Waals surface area contributed by atoms with E-state index in [-0.39, 0.29) is 5.92 Å². The van der Waals surface area contributed by atoms with Gasteiger partial charge >= 0.3 is 0 Å². The lowest BCUT2D eigenvalue weighted by molar-refractivity contribution is 0.807. The maximum atomic E-state index is 5.80. The molecule has 1 aliphatic rings. The van der Waals surface area contributed by atoms with Crippen LogP contribution in [0.15, 0.2) is 316 Å². The summed E-state index contributed by atoms with van der Waals surface area (Å²) in [5.74, 6) is -0.0913. The van der Waals surface area contributed by atoms with Crippen LogP contribution in [-0.2, 0) is 0 Å². The van der Waals surface area contributed by atoms with Crippen molar-refractivity contribution in [3.05, 3.63) is 321 Å². The van der Waals surface area contributed by atoms with Crippen molar-refractivity contribution in [2.24, 2.45) is 0 Å². The van der Waals surface area contributed by atoms with Crippen LogP contribution in [0.25, 0.3) is 99.9 Å².